The van der Waals surface area contributed by atoms with E-state index in [2.05, 4.69) is 26.3 Å². The molecule has 4 aromatic rings. The minimum atomic E-state index is 0.0330. The van der Waals surface area contributed by atoms with E-state index in [4.69, 9.17) is 4.98 Å². The Balaban J connectivity index is 1.69. The van der Waals surface area contributed by atoms with Gasteiger partial charge in [0.05, 0.1) is 28.0 Å². The lowest BCUT2D eigenvalue weighted by Crippen LogP contribution is -2.24. The van der Waals surface area contributed by atoms with Gasteiger partial charge in [-0.2, -0.15) is 0 Å². The van der Waals surface area contributed by atoms with Crippen molar-refractivity contribution in [2.45, 2.75) is 33.7 Å². The second-order valence-electron chi connectivity index (χ2n) is 7.11. The number of imidazole rings is 1. The number of fused-ring (bicyclic) bond motifs is 1. The minimum absolute atomic E-state index is 0.0330. The molecule has 2 N–H and O–H groups in total. The van der Waals surface area contributed by atoms with Gasteiger partial charge < -0.3 is 10.3 Å². The van der Waals surface area contributed by atoms with E-state index in [1.807, 2.05) is 43.8 Å². The van der Waals surface area contributed by atoms with Gasteiger partial charge in [0.2, 0.25) is 5.91 Å². The topological polar surface area (TPSA) is 83.6 Å². The van der Waals surface area contributed by atoms with Crippen LogP contribution in [-0.4, -0.2) is 25.8 Å². The highest BCUT2D eigenvalue weighted by Crippen LogP contribution is 2.34. The van der Waals surface area contributed by atoms with E-state index < -0.39 is 0 Å². The van der Waals surface area contributed by atoms with Gasteiger partial charge in [-0.3, -0.25) is 4.79 Å². The number of H-pyrrole nitrogens is 1. The zero-order valence-corrected chi connectivity index (χ0v) is 17.6. The van der Waals surface area contributed by atoms with Crippen LogP contribution in [0.25, 0.3) is 32.2 Å². The van der Waals surface area contributed by atoms with Gasteiger partial charge in [0, 0.05) is 23.1 Å². The van der Waals surface area contributed by atoms with Crippen LogP contribution in [0.3, 0.4) is 0 Å². The monoisotopic (exact) mass is 411 g/mol. The van der Waals surface area contributed by atoms with Crippen molar-refractivity contribution < 1.29 is 4.79 Å². The van der Waals surface area contributed by atoms with Crippen molar-refractivity contribution in [2.24, 2.45) is 5.92 Å². The van der Waals surface area contributed by atoms with Crippen molar-refractivity contribution in [1.82, 2.24) is 25.3 Å². The smallest absolute Gasteiger partial charge is 0.220 e. The second kappa shape index (κ2) is 7.81. The lowest BCUT2D eigenvalue weighted by molar-refractivity contribution is -0.121. The predicted molar refractivity (Wildman–Crippen MR) is 114 cm³/mol. The van der Waals surface area contributed by atoms with Crippen LogP contribution in [0.2, 0.25) is 0 Å². The Bertz CT molecular complexity index is 1120. The zero-order chi connectivity index (χ0) is 19.7. The summed E-state index contributed by atoms with van der Waals surface area (Å²) in [6.45, 7) is 6.40. The Hall–Kier alpha value is -2.58. The number of benzene rings is 1. The number of aromatic nitrogens is 4. The number of carbonyl (C=O) groups excluding carboxylic acids is 1. The largest absolute Gasteiger partial charge is 0.349 e. The first-order valence-corrected chi connectivity index (χ1v) is 10.9. The first-order valence-electron chi connectivity index (χ1n) is 9.11. The molecule has 28 heavy (non-hydrogen) atoms. The van der Waals surface area contributed by atoms with Crippen LogP contribution in [0, 0.1) is 12.8 Å². The Labute approximate surface area is 171 Å². The number of aromatic amines is 1. The van der Waals surface area contributed by atoms with Gasteiger partial charge in [0.25, 0.3) is 0 Å². The van der Waals surface area contributed by atoms with Crippen LogP contribution in [0.1, 0.15) is 31.8 Å². The summed E-state index contributed by atoms with van der Waals surface area (Å²) in [6.07, 6.45) is 0.508. The van der Waals surface area contributed by atoms with Crippen LogP contribution in [-0.2, 0) is 11.3 Å². The number of amides is 1. The molecule has 6 nitrogen and oxygen atoms in total. The Kier molecular flexibility index (Phi) is 5.23. The maximum absolute atomic E-state index is 12.0. The van der Waals surface area contributed by atoms with Gasteiger partial charge in [0.1, 0.15) is 16.5 Å². The maximum atomic E-state index is 12.0. The molecule has 0 aliphatic carbocycles. The zero-order valence-electron chi connectivity index (χ0n) is 15.9. The number of aryl methyl sites for hydroxylation is 1. The van der Waals surface area contributed by atoms with Crippen molar-refractivity contribution in [3.8, 4) is 22.0 Å². The molecule has 0 bridgehead atoms. The third-order valence-electron chi connectivity index (χ3n) is 4.24. The number of nitrogens with one attached hydrogen (secondary N) is 2. The molecule has 1 aromatic carbocycles. The molecule has 1 amide bonds. The highest BCUT2D eigenvalue weighted by Gasteiger charge is 2.18. The number of hydrogen-bond acceptors (Lipinski definition) is 6. The fourth-order valence-corrected chi connectivity index (χ4v) is 4.48. The summed E-state index contributed by atoms with van der Waals surface area (Å²) in [6, 6.07) is 6.18. The number of thiazole rings is 2. The number of rotatable bonds is 6. The van der Waals surface area contributed by atoms with E-state index in [-0.39, 0.29) is 5.91 Å². The molecule has 0 radical (unpaired) electrons. The summed E-state index contributed by atoms with van der Waals surface area (Å²) in [5.74, 6) is 1.08. The van der Waals surface area contributed by atoms with Gasteiger partial charge >= 0.3 is 0 Å². The summed E-state index contributed by atoms with van der Waals surface area (Å²) < 4.78 is 1.13. The Morgan fingerprint density at radius 2 is 2.11 bits per heavy atom. The Morgan fingerprint density at radius 3 is 2.86 bits per heavy atom. The first-order chi connectivity index (χ1) is 13.5. The molecule has 3 aromatic heterocycles. The van der Waals surface area contributed by atoms with Crippen molar-refractivity contribution in [3.63, 3.8) is 0 Å². The average Bonchev–Trinajstić information content (AvgIpc) is 3.37. The molecule has 0 aliphatic heterocycles. The Morgan fingerprint density at radius 1 is 1.25 bits per heavy atom. The van der Waals surface area contributed by atoms with Gasteiger partial charge in [-0.25, -0.2) is 15.0 Å². The van der Waals surface area contributed by atoms with Gasteiger partial charge in [-0.1, -0.05) is 19.9 Å². The molecule has 8 heteroatoms. The molecule has 0 fully saturated rings. The highest BCUT2D eigenvalue weighted by molar-refractivity contribution is 7.16. The molecule has 0 atom stereocenters. The van der Waals surface area contributed by atoms with Crippen LogP contribution in [0.5, 0.6) is 0 Å². The molecule has 4 rings (SSSR count). The van der Waals surface area contributed by atoms with E-state index in [9.17, 15) is 4.79 Å². The van der Waals surface area contributed by atoms with Crippen LogP contribution in [0.4, 0.5) is 0 Å². The fourth-order valence-electron chi connectivity index (χ4n) is 2.97. The van der Waals surface area contributed by atoms with E-state index >= 15 is 0 Å². The third kappa shape index (κ3) is 3.98. The molecule has 0 unspecified atom stereocenters. The summed E-state index contributed by atoms with van der Waals surface area (Å²) in [5, 5.41) is 5.83. The average molecular weight is 412 g/mol. The summed E-state index contributed by atoms with van der Waals surface area (Å²) in [4.78, 5) is 29.1. The fraction of sp³-hybridized carbons (Fsp3) is 0.300. The van der Waals surface area contributed by atoms with Crippen LogP contribution < -0.4 is 5.32 Å². The molecular weight excluding hydrogens is 390 g/mol. The molecular formula is C20H21N5OS2. The van der Waals surface area contributed by atoms with Gasteiger partial charge in [0.15, 0.2) is 0 Å². The minimum Gasteiger partial charge on any atom is -0.349 e. The molecule has 3 heterocycles. The van der Waals surface area contributed by atoms with Crippen molar-refractivity contribution in [2.75, 3.05) is 0 Å². The normalized spacial score (nSPS) is 11.4. The molecule has 144 valence electrons. The van der Waals surface area contributed by atoms with Crippen molar-refractivity contribution in [1.29, 1.82) is 0 Å². The molecule has 0 saturated heterocycles. The first kappa shape index (κ1) is 18.8. The van der Waals surface area contributed by atoms with Gasteiger partial charge in [-0.15, -0.1) is 22.7 Å². The van der Waals surface area contributed by atoms with E-state index in [0.29, 0.717) is 18.9 Å². The van der Waals surface area contributed by atoms with E-state index in [0.717, 1.165) is 43.7 Å². The predicted octanol–water partition coefficient (Wildman–Crippen LogP) is 4.78. The molecule has 0 saturated carbocycles. The summed E-state index contributed by atoms with van der Waals surface area (Å²) in [5.41, 5.74) is 6.57. The maximum Gasteiger partial charge on any atom is 0.220 e. The standard InChI is InChI=1S/C20H21N5OS2/c1-11(2)6-17(26)21-8-16-24-18(19(25-16)20-23-12(3)9-27-20)13-4-5-14-15(7-13)28-10-22-14/h4-5,7,9-11H,6,8H2,1-3H3,(H,21,26)(H,24,25). The van der Waals surface area contributed by atoms with E-state index in [1.165, 1.54) is 0 Å². The van der Waals surface area contributed by atoms with Crippen molar-refractivity contribution >= 4 is 38.8 Å². The highest BCUT2D eigenvalue weighted by atomic mass is 32.1. The quantitative estimate of drug-likeness (QED) is 0.478. The summed E-state index contributed by atoms with van der Waals surface area (Å²) in [7, 11) is 0. The second-order valence-corrected chi connectivity index (χ2v) is 8.86. The number of carbonyl (C=O) groups is 1. The lowest BCUT2D eigenvalue weighted by atomic mass is 10.1. The number of nitrogens with zero attached hydrogens (tertiary/aromatic N) is 3. The van der Waals surface area contributed by atoms with Crippen LogP contribution >= 0.6 is 22.7 Å². The molecule has 0 spiro atoms. The number of hydrogen-bond donors (Lipinski definition) is 2. The third-order valence-corrected chi connectivity index (χ3v) is 6.00. The molecule has 0 aliphatic rings. The van der Waals surface area contributed by atoms with Crippen LogP contribution in [0.15, 0.2) is 29.1 Å². The van der Waals surface area contributed by atoms with Crippen molar-refractivity contribution in [3.05, 3.63) is 40.6 Å². The lowest BCUT2D eigenvalue weighted by Gasteiger charge is -2.05. The summed E-state index contributed by atoms with van der Waals surface area (Å²) >= 11 is 3.19. The van der Waals surface area contributed by atoms with Gasteiger partial charge in [-0.05, 0) is 25.0 Å². The SMILES string of the molecule is Cc1csc(-c2nc(CNC(=O)CC(C)C)[nH]c2-c2ccc3ncsc3c2)n1. The van der Waals surface area contributed by atoms with E-state index in [1.54, 1.807) is 22.7 Å².